The Morgan fingerprint density at radius 2 is 2.20 bits per heavy atom. The van der Waals surface area contributed by atoms with Crippen LogP contribution in [0.5, 0.6) is 5.88 Å². The van der Waals surface area contributed by atoms with Gasteiger partial charge in [-0.3, -0.25) is 0 Å². The summed E-state index contributed by atoms with van der Waals surface area (Å²) >= 11 is 0. The van der Waals surface area contributed by atoms with Crippen molar-refractivity contribution in [2.75, 3.05) is 19.0 Å². The third-order valence-electron chi connectivity index (χ3n) is 2.14. The van der Waals surface area contributed by atoms with Gasteiger partial charge in [0, 0.05) is 18.2 Å². The van der Waals surface area contributed by atoms with Gasteiger partial charge in [-0.2, -0.15) is 4.98 Å². The second-order valence-electron chi connectivity index (χ2n) is 4.05. The van der Waals surface area contributed by atoms with Gasteiger partial charge in [-0.05, 0) is 26.3 Å². The van der Waals surface area contributed by atoms with Gasteiger partial charge in [-0.1, -0.05) is 6.07 Å². The Balaban J connectivity index is 2.71. The van der Waals surface area contributed by atoms with Crippen LogP contribution >= 0.6 is 0 Å². The van der Waals surface area contributed by atoms with E-state index in [1.54, 1.807) is 13.2 Å². The van der Waals surface area contributed by atoms with Crippen LogP contribution in [0.4, 0.5) is 5.82 Å². The van der Waals surface area contributed by atoms with Crippen molar-refractivity contribution in [3.63, 3.8) is 0 Å². The van der Waals surface area contributed by atoms with Gasteiger partial charge >= 0.3 is 0 Å². The fraction of sp³-hybridized carbons (Fsp3) is 0.545. The lowest BCUT2D eigenvalue weighted by molar-refractivity contribution is 0.260. The fourth-order valence-corrected chi connectivity index (χ4v) is 1.29. The van der Waals surface area contributed by atoms with Gasteiger partial charge in [0.1, 0.15) is 5.82 Å². The summed E-state index contributed by atoms with van der Waals surface area (Å²) in [5.74, 6) is 1.34. The van der Waals surface area contributed by atoms with Crippen LogP contribution in [0, 0.1) is 0 Å². The number of pyridine rings is 1. The molecule has 2 N–H and O–H groups in total. The largest absolute Gasteiger partial charge is 0.481 e. The maximum atomic E-state index is 8.90. The average molecular weight is 210 g/mol. The fourth-order valence-electron chi connectivity index (χ4n) is 1.29. The summed E-state index contributed by atoms with van der Waals surface area (Å²) in [7, 11) is 1.59. The third-order valence-corrected chi connectivity index (χ3v) is 2.14. The van der Waals surface area contributed by atoms with E-state index in [0.29, 0.717) is 12.3 Å². The molecule has 0 saturated heterocycles. The van der Waals surface area contributed by atoms with Crippen molar-refractivity contribution in [2.45, 2.75) is 25.8 Å². The van der Waals surface area contributed by atoms with E-state index in [0.717, 1.165) is 5.82 Å². The minimum absolute atomic E-state index is 0.157. The first-order valence-corrected chi connectivity index (χ1v) is 4.97. The summed E-state index contributed by atoms with van der Waals surface area (Å²) in [5.41, 5.74) is -0.173. The van der Waals surface area contributed by atoms with Crippen LogP contribution in [0.25, 0.3) is 0 Å². The molecule has 0 radical (unpaired) electrons. The smallest absolute Gasteiger partial charge is 0.214 e. The van der Waals surface area contributed by atoms with E-state index in [1.807, 2.05) is 26.0 Å². The Labute approximate surface area is 90.3 Å². The zero-order valence-electron chi connectivity index (χ0n) is 9.45. The first kappa shape index (κ1) is 11.8. The monoisotopic (exact) mass is 210 g/mol. The number of aromatic nitrogens is 1. The number of aliphatic hydroxyl groups excluding tert-OH is 1. The molecule has 0 aliphatic heterocycles. The highest BCUT2D eigenvalue weighted by atomic mass is 16.5. The molecule has 1 aromatic heterocycles. The van der Waals surface area contributed by atoms with Crippen LogP contribution in [0.3, 0.4) is 0 Å². The number of rotatable bonds is 5. The van der Waals surface area contributed by atoms with Crippen LogP contribution < -0.4 is 10.1 Å². The van der Waals surface area contributed by atoms with Crippen LogP contribution in [0.15, 0.2) is 18.2 Å². The van der Waals surface area contributed by atoms with Gasteiger partial charge in [0.2, 0.25) is 5.88 Å². The lowest BCUT2D eigenvalue weighted by Crippen LogP contribution is -2.32. The van der Waals surface area contributed by atoms with E-state index >= 15 is 0 Å². The van der Waals surface area contributed by atoms with E-state index < -0.39 is 0 Å². The number of anilines is 1. The minimum atomic E-state index is -0.173. The SMILES string of the molecule is COc1cccc(NC(C)(C)CCO)n1. The van der Waals surface area contributed by atoms with Crippen molar-refractivity contribution in [1.82, 2.24) is 4.98 Å². The van der Waals surface area contributed by atoms with Gasteiger partial charge in [0.25, 0.3) is 0 Å². The molecule has 84 valence electrons. The topological polar surface area (TPSA) is 54.4 Å². The first-order valence-electron chi connectivity index (χ1n) is 4.97. The second kappa shape index (κ2) is 4.98. The summed E-state index contributed by atoms with van der Waals surface area (Å²) in [6.45, 7) is 4.19. The van der Waals surface area contributed by atoms with E-state index in [4.69, 9.17) is 9.84 Å². The Morgan fingerprint density at radius 1 is 1.47 bits per heavy atom. The maximum Gasteiger partial charge on any atom is 0.214 e. The molecule has 0 unspecified atom stereocenters. The van der Waals surface area contributed by atoms with Gasteiger partial charge < -0.3 is 15.2 Å². The average Bonchev–Trinajstić information content (AvgIpc) is 2.17. The van der Waals surface area contributed by atoms with Crippen LogP contribution in [0.2, 0.25) is 0 Å². The molecule has 4 nitrogen and oxygen atoms in total. The third kappa shape index (κ3) is 3.75. The van der Waals surface area contributed by atoms with E-state index in [9.17, 15) is 0 Å². The predicted octanol–water partition coefficient (Wildman–Crippen LogP) is 1.66. The second-order valence-corrected chi connectivity index (χ2v) is 4.05. The molecule has 4 heteroatoms. The zero-order valence-corrected chi connectivity index (χ0v) is 9.45. The van der Waals surface area contributed by atoms with E-state index in [1.165, 1.54) is 0 Å². The summed E-state index contributed by atoms with van der Waals surface area (Å²) in [5, 5.41) is 12.1. The Bertz CT molecular complexity index is 313. The maximum absolute atomic E-state index is 8.90. The molecule has 0 aliphatic rings. The molecule has 0 aliphatic carbocycles. The molecule has 15 heavy (non-hydrogen) atoms. The highest BCUT2D eigenvalue weighted by Crippen LogP contribution is 2.18. The molecule has 0 amide bonds. The Kier molecular flexibility index (Phi) is 3.91. The molecule has 0 aromatic carbocycles. The molecular formula is C11H18N2O2. The number of hydrogen-bond donors (Lipinski definition) is 2. The number of hydrogen-bond acceptors (Lipinski definition) is 4. The first-order chi connectivity index (χ1) is 7.07. The predicted molar refractivity (Wildman–Crippen MR) is 60.2 cm³/mol. The van der Waals surface area contributed by atoms with Crippen LogP contribution in [0.1, 0.15) is 20.3 Å². The normalized spacial score (nSPS) is 11.2. The molecule has 0 fully saturated rings. The van der Waals surface area contributed by atoms with Crippen LogP contribution in [-0.2, 0) is 0 Å². The van der Waals surface area contributed by atoms with Crippen molar-refractivity contribution >= 4 is 5.82 Å². The minimum Gasteiger partial charge on any atom is -0.481 e. The standard InChI is InChI=1S/C11H18N2O2/c1-11(2,7-8-14)13-9-5-4-6-10(12-9)15-3/h4-6,14H,7-8H2,1-3H3,(H,12,13). The Morgan fingerprint density at radius 3 is 2.80 bits per heavy atom. The van der Waals surface area contributed by atoms with Gasteiger partial charge in [-0.15, -0.1) is 0 Å². The highest BCUT2D eigenvalue weighted by molar-refractivity contribution is 5.39. The lowest BCUT2D eigenvalue weighted by Gasteiger charge is -2.26. The zero-order chi connectivity index (χ0) is 11.3. The quantitative estimate of drug-likeness (QED) is 0.776. The number of ether oxygens (including phenoxy) is 1. The van der Waals surface area contributed by atoms with E-state index in [2.05, 4.69) is 10.3 Å². The summed E-state index contributed by atoms with van der Waals surface area (Å²) in [4.78, 5) is 4.24. The summed E-state index contributed by atoms with van der Waals surface area (Å²) < 4.78 is 5.03. The molecule has 1 aromatic rings. The van der Waals surface area contributed by atoms with Gasteiger partial charge in [0.05, 0.1) is 7.11 Å². The molecular weight excluding hydrogens is 192 g/mol. The molecule has 1 rings (SSSR count). The van der Waals surface area contributed by atoms with Crippen molar-refractivity contribution in [3.8, 4) is 5.88 Å². The Hall–Kier alpha value is -1.29. The van der Waals surface area contributed by atoms with Crippen molar-refractivity contribution < 1.29 is 9.84 Å². The van der Waals surface area contributed by atoms with Crippen molar-refractivity contribution in [3.05, 3.63) is 18.2 Å². The number of nitrogens with one attached hydrogen (secondary N) is 1. The van der Waals surface area contributed by atoms with E-state index in [-0.39, 0.29) is 12.1 Å². The summed E-state index contributed by atoms with van der Waals surface area (Å²) in [6.07, 6.45) is 0.673. The molecule has 0 atom stereocenters. The lowest BCUT2D eigenvalue weighted by atomic mass is 10.0. The molecule has 1 heterocycles. The molecule has 0 bridgehead atoms. The van der Waals surface area contributed by atoms with Gasteiger partial charge in [-0.25, -0.2) is 0 Å². The van der Waals surface area contributed by atoms with Crippen LogP contribution in [-0.4, -0.2) is 29.3 Å². The molecule has 0 spiro atoms. The highest BCUT2D eigenvalue weighted by Gasteiger charge is 2.16. The molecule has 0 saturated carbocycles. The number of aliphatic hydroxyl groups is 1. The van der Waals surface area contributed by atoms with Crippen molar-refractivity contribution in [2.24, 2.45) is 0 Å². The van der Waals surface area contributed by atoms with Crippen molar-refractivity contribution in [1.29, 1.82) is 0 Å². The number of methoxy groups -OCH3 is 1. The van der Waals surface area contributed by atoms with Gasteiger partial charge in [0.15, 0.2) is 0 Å². The summed E-state index contributed by atoms with van der Waals surface area (Å²) in [6, 6.07) is 5.55. The number of nitrogens with zero attached hydrogens (tertiary/aromatic N) is 1.